The zero-order chi connectivity index (χ0) is 11.6. The van der Waals surface area contributed by atoms with Crippen LogP contribution in [0.5, 0.6) is 0 Å². The minimum absolute atomic E-state index is 0.322. The number of carboxylic acid groups (broad SMARTS) is 1. The number of rotatable bonds is 3. The second-order valence-corrected chi connectivity index (χ2v) is 2.68. The van der Waals surface area contributed by atoms with Gasteiger partial charge >= 0.3 is 12.1 Å². The lowest BCUT2D eigenvalue weighted by molar-refractivity contribution is -0.138. The zero-order valence-corrected chi connectivity index (χ0v) is 7.59. The van der Waals surface area contributed by atoms with Crippen LogP contribution < -0.4 is 0 Å². The van der Waals surface area contributed by atoms with E-state index in [2.05, 4.69) is 9.15 Å². The number of furan rings is 1. The number of ether oxygens (including phenoxy) is 1. The van der Waals surface area contributed by atoms with Crippen molar-refractivity contribution in [2.75, 3.05) is 7.11 Å². The Kier molecular flexibility index (Phi) is 3.04. The van der Waals surface area contributed by atoms with Gasteiger partial charge in [-0.15, -0.1) is 0 Å². The Labute approximate surface area is 82.3 Å². The van der Waals surface area contributed by atoms with Crippen LogP contribution in [0.3, 0.4) is 0 Å². The Hall–Kier alpha value is -1.50. The molecule has 0 aromatic carbocycles. The van der Waals surface area contributed by atoms with Gasteiger partial charge in [-0.25, -0.2) is 4.79 Å². The second kappa shape index (κ2) is 3.93. The van der Waals surface area contributed by atoms with Gasteiger partial charge in [-0.05, 0) is 0 Å². The number of aromatic carboxylic acids is 1. The molecule has 0 saturated carbocycles. The largest absolute Gasteiger partial charge is 0.478 e. The lowest BCUT2D eigenvalue weighted by Crippen LogP contribution is -2.11. The molecule has 1 aromatic rings. The lowest BCUT2D eigenvalue weighted by atomic mass is 10.1. The molecule has 1 aromatic heterocycles. The van der Waals surface area contributed by atoms with Crippen molar-refractivity contribution in [1.29, 1.82) is 0 Å². The standard InChI is InChI=1S/C8H7F3O4/c1-14-3-5-6(7(12)13)4(2-15-5)8(9,10)11/h2H,3H2,1H3,(H,12,13). The first-order valence-corrected chi connectivity index (χ1v) is 3.77. The van der Waals surface area contributed by atoms with Gasteiger partial charge in [0.1, 0.15) is 29.8 Å². The van der Waals surface area contributed by atoms with Gasteiger partial charge in [-0.3, -0.25) is 0 Å². The summed E-state index contributed by atoms with van der Waals surface area (Å²) in [7, 11) is 1.22. The van der Waals surface area contributed by atoms with Gasteiger partial charge in [-0.2, -0.15) is 13.2 Å². The van der Waals surface area contributed by atoms with Crippen LogP contribution in [0.15, 0.2) is 10.7 Å². The normalized spacial score (nSPS) is 11.7. The van der Waals surface area contributed by atoms with Crippen LogP contribution in [0.2, 0.25) is 0 Å². The van der Waals surface area contributed by atoms with E-state index in [-0.39, 0.29) is 12.4 Å². The maximum atomic E-state index is 12.3. The monoisotopic (exact) mass is 224 g/mol. The third-order valence-electron chi connectivity index (χ3n) is 1.66. The highest BCUT2D eigenvalue weighted by Crippen LogP contribution is 2.34. The quantitative estimate of drug-likeness (QED) is 0.854. The maximum absolute atomic E-state index is 12.3. The minimum atomic E-state index is -4.75. The number of carbonyl (C=O) groups is 1. The van der Waals surface area contributed by atoms with Crippen LogP contribution in [0.4, 0.5) is 13.2 Å². The Bertz CT molecular complexity index is 366. The van der Waals surface area contributed by atoms with E-state index in [1.807, 2.05) is 0 Å². The fourth-order valence-corrected chi connectivity index (χ4v) is 1.08. The summed E-state index contributed by atoms with van der Waals surface area (Å²) in [5.74, 6) is -2.04. The van der Waals surface area contributed by atoms with Crippen molar-refractivity contribution >= 4 is 5.97 Å². The summed E-state index contributed by atoms with van der Waals surface area (Å²) >= 11 is 0. The molecular weight excluding hydrogens is 217 g/mol. The number of methoxy groups -OCH3 is 1. The van der Waals surface area contributed by atoms with Crippen LogP contribution in [-0.4, -0.2) is 18.2 Å². The van der Waals surface area contributed by atoms with Crippen molar-refractivity contribution in [2.24, 2.45) is 0 Å². The highest BCUT2D eigenvalue weighted by molar-refractivity contribution is 5.90. The van der Waals surface area contributed by atoms with Gasteiger partial charge in [0.2, 0.25) is 0 Å². The highest BCUT2D eigenvalue weighted by atomic mass is 19.4. The van der Waals surface area contributed by atoms with Crippen LogP contribution in [0, 0.1) is 0 Å². The summed E-state index contributed by atoms with van der Waals surface area (Å²) in [4.78, 5) is 10.6. The SMILES string of the molecule is COCc1occ(C(F)(F)F)c1C(=O)O. The molecule has 84 valence electrons. The third-order valence-corrected chi connectivity index (χ3v) is 1.66. The summed E-state index contributed by atoms with van der Waals surface area (Å²) in [6, 6.07) is 0. The zero-order valence-electron chi connectivity index (χ0n) is 7.59. The summed E-state index contributed by atoms with van der Waals surface area (Å²) in [5.41, 5.74) is -2.20. The van der Waals surface area contributed by atoms with E-state index in [1.54, 1.807) is 0 Å². The summed E-state index contributed by atoms with van der Waals surface area (Å²) < 4.78 is 45.9. The summed E-state index contributed by atoms with van der Waals surface area (Å²) in [6.07, 6.45) is -4.37. The Morgan fingerprint density at radius 1 is 1.60 bits per heavy atom. The lowest BCUT2D eigenvalue weighted by Gasteiger charge is -2.04. The van der Waals surface area contributed by atoms with Crippen LogP contribution in [-0.2, 0) is 17.5 Å². The minimum Gasteiger partial charge on any atom is -0.478 e. The molecule has 0 aliphatic heterocycles. The Balaban J connectivity index is 3.24. The molecule has 4 nitrogen and oxygen atoms in total. The van der Waals surface area contributed by atoms with Crippen molar-refractivity contribution in [3.8, 4) is 0 Å². The topological polar surface area (TPSA) is 59.7 Å². The molecule has 0 saturated heterocycles. The molecule has 0 aliphatic carbocycles. The Morgan fingerprint density at radius 3 is 2.60 bits per heavy atom. The second-order valence-electron chi connectivity index (χ2n) is 2.68. The maximum Gasteiger partial charge on any atom is 0.420 e. The third kappa shape index (κ3) is 2.30. The number of hydrogen-bond acceptors (Lipinski definition) is 3. The predicted molar refractivity (Wildman–Crippen MR) is 41.4 cm³/mol. The van der Waals surface area contributed by atoms with Crippen molar-refractivity contribution in [3.05, 3.63) is 23.2 Å². The van der Waals surface area contributed by atoms with E-state index in [1.165, 1.54) is 7.11 Å². The van der Waals surface area contributed by atoms with Crippen LogP contribution >= 0.6 is 0 Å². The van der Waals surface area contributed by atoms with E-state index in [4.69, 9.17) is 5.11 Å². The fraction of sp³-hybridized carbons (Fsp3) is 0.375. The van der Waals surface area contributed by atoms with Crippen molar-refractivity contribution in [2.45, 2.75) is 12.8 Å². The number of halogens is 3. The van der Waals surface area contributed by atoms with Crippen molar-refractivity contribution < 1.29 is 32.2 Å². The van der Waals surface area contributed by atoms with Crippen LogP contribution in [0.25, 0.3) is 0 Å². The molecule has 0 fully saturated rings. The fourth-order valence-electron chi connectivity index (χ4n) is 1.08. The summed E-state index contributed by atoms with van der Waals surface area (Å²) in [6.45, 7) is -0.322. The molecule has 1 N–H and O–H groups in total. The molecule has 0 atom stereocenters. The molecule has 0 aliphatic rings. The van der Waals surface area contributed by atoms with Gasteiger partial charge in [0.15, 0.2) is 0 Å². The van der Waals surface area contributed by atoms with E-state index in [0.717, 1.165) is 0 Å². The number of hydrogen-bond donors (Lipinski definition) is 1. The number of carboxylic acids is 1. The van der Waals surface area contributed by atoms with E-state index in [0.29, 0.717) is 6.26 Å². The molecular formula is C8H7F3O4. The first-order valence-electron chi connectivity index (χ1n) is 3.77. The predicted octanol–water partition coefficient (Wildman–Crippen LogP) is 2.14. The molecule has 0 radical (unpaired) electrons. The van der Waals surface area contributed by atoms with E-state index < -0.39 is 23.3 Å². The number of alkyl halides is 3. The van der Waals surface area contributed by atoms with E-state index in [9.17, 15) is 18.0 Å². The molecule has 0 bridgehead atoms. The molecule has 1 rings (SSSR count). The molecule has 1 heterocycles. The molecule has 0 amide bonds. The van der Waals surface area contributed by atoms with Crippen LogP contribution in [0.1, 0.15) is 21.7 Å². The average molecular weight is 224 g/mol. The molecule has 0 unspecified atom stereocenters. The average Bonchev–Trinajstić information content (AvgIpc) is 2.47. The first-order chi connectivity index (χ1) is 6.88. The smallest absolute Gasteiger partial charge is 0.420 e. The first kappa shape index (κ1) is 11.6. The van der Waals surface area contributed by atoms with Gasteiger partial charge in [-0.1, -0.05) is 0 Å². The van der Waals surface area contributed by atoms with Gasteiger partial charge in [0.05, 0.1) is 0 Å². The summed E-state index contributed by atoms with van der Waals surface area (Å²) in [5, 5.41) is 8.61. The van der Waals surface area contributed by atoms with E-state index >= 15 is 0 Å². The van der Waals surface area contributed by atoms with Gasteiger partial charge < -0.3 is 14.3 Å². The molecule has 0 spiro atoms. The van der Waals surface area contributed by atoms with Crippen molar-refractivity contribution in [1.82, 2.24) is 0 Å². The molecule has 7 heteroatoms. The Morgan fingerprint density at radius 2 is 2.20 bits per heavy atom. The van der Waals surface area contributed by atoms with Gasteiger partial charge in [0.25, 0.3) is 0 Å². The van der Waals surface area contributed by atoms with Crippen molar-refractivity contribution in [3.63, 3.8) is 0 Å². The highest BCUT2D eigenvalue weighted by Gasteiger charge is 2.39. The van der Waals surface area contributed by atoms with Gasteiger partial charge in [0, 0.05) is 7.11 Å². The molecule has 15 heavy (non-hydrogen) atoms.